The summed E-state index contributed by atoms with van der Waals surface area (Å²) >= 11 is 0. The van der Waals surface area contributed by atoms with Crippen molar-refractivity contribution in [2.45, 2.75) is 69.4 Å². The lowest BCUT2D eigenvalue weighted by Gasteiger charge is -2.33. The minimum absolute atomic E-state index is 0.107. The molecule has 0 spiro atoms. The van der Waals surface area contributed by atoms with Gasteiger partial charge >= 0.3 is 0 Å². The molecular weight excluding hydrogens is 323 g/mol. The molecule has 2 fully saturated rings. The molecular formula is C20H29FO4. The van der Waals surface area contributed by atoms with Gasteiger partial charge in [-0.2, -0.15) is 0 Å². The molecule has 5 heteroatoms. The van der Waals surface area contributed by atoms with Gasteiger partial charge in [-0.25, -0.2) is 4.39 Å². The van der Waals surface area contributed by atoms with E-state index in [1.165, 1.54) is 6.07 Å². The Bertz CT molecular complexity index is 557. The molecule has 25 heavy (non-hydrogen) atoms. The number of benzene rings is 1. The maximum Gasteiger partial charge on any atom is 0.126 e. The topological polar surface area (TPSA) is 58.9 Å². The van der Waals surface area contributed by atoms with Crippen molar-refractivity contribution in [1.29, 1.82) is 0 Å². The fourth-order valence-electron chi connectivity index (χ4n) is 4.16. The molecule has 3 atom stereocenters. The van der Waals surface area contributed by atoms with Crippen LogP contribution in [0.2, 0.25) is 0 Å². The van der Waals surface area contributed by atoms with Crippen LogP contribution in [0.4, 0.5) is 4.39 Å². The molecule has 2 N–H and O–H groups in total. The number of rotatable bonds is 5. The number of ether oxygens (including phenoxy) is 2. The van der Waals surface area contributed by atoms with E-state index in [0.717, 1.165) is 43.2 Å². The van der Waals surface area contributed by atoms with Crippen LogP contribution < -0.4 is 0 Å². The van der Waals surface area contributed by atoms with Crippen molar-refractivity contribution in [3.8, 4) is 0 Å². The van der Waals surface area contributed by atoms with Crippen LogP contribution in [-0.2, 0) is 15.9 Å². The van der Waals surface area contributed by atoms with E-state index >= 15 is 0 Å². The number of hydrogen-bond donors (Lipinski definition) is 2. The average molecular weight is 352 g/mol. The number of hydrogen-bond acceptors (Lipinski definition) is 4. The molecule has 4 nitrogen and oxygen atoms in total. The van der Waals surface area contributed by atoms with Gasteiger partial charge < -0.3 is 19.7 Å². The number of methoxy groups -OCH3 is 1. The lowest BCUT2D eigenvalue weighted by molar-refractivity contribution is -0.113. The zero-order valence-electron chi connectivity index (χ0n) is 14.9. The smallest absolute Gasteiger partial charge is 0.126 e. The van der Waals surface area contributed by atoms with Gasteiger partial charge in [0.15, 0.2) is 0 Å². The SMILES string of the molecule is COC1CCC(Cc2cc(C3CC(O)CC(CO)O3)ccc2F)CC1. The highest BCUT2D eigenvalue weighted by atomic mass is 19.1. The van der Waals surface area contributed by atoms with Crippen molar-refractivity contribution < 1.29 is 24.1 Å². The molecule has 1 aliphatic heterocycles. The summed E-state index contributed by atoms with van der Waals surface area (Å²) in [6.45, 7) is -0.107. The second-order valence-corrected chi connectivity index (χ2v) is 7.49. The Balaban J connectivity index is 1.68. The van der Waals surface area contributed by atoms with Gasteiger partial charge in [0.05, 0.1) is 31.0 Å². The van der Waals surface area contributed by atoms with Gasteiger partial charge in [0.2, 0.25) is 0 Å². The highest BCUT2D eigenvalue weighted by Crippen LogP contribution is 2.34. The van der Waals surface area contributed by atoms with Crippen molar-refractivity contribution in [2.24, 2.45) is 5.92 Å². The molecule has 1 aromatic carbocycles. The van der Waals surface area contributed by atoms with Gasteiger partial charge in [-0.05, 0) is 55.2 Å². The third-order valence-corrected chi connectivity index (χ3v) is 5.66. The molecule has 0 aromatic heterocycles. The zero-order chi connectivity index (χ0) is 17.8. The number of aliphatic hydroxyl groups is 2. The van der Waals surface area contributed by atoms with Crippen LogP contribution in [0.5, 0.6) is 0 Å². The monoisotopic (exact) mass is 352 g/mol. The van der Waals surface area contributed by atoms with Gasteiger partial charge in [-0.1, -0.05) is 12.1 Å². The van der Waals surface area contributed by atoms with E-state index in [1.807, 2.05) is 6.07 Å². The van der Waals surface area contributed by atoms with E-state index in [4.69, 9.17) is 9.47 Å². The van der Waals surface area contributed by atoms with Crippen molar-refractivity contribution in [1.82, 2.24) is 0 Å². The first-order valence-electron chi connectivity index (χ1n) is 9.34. The van der Waals surface area contributed by atoms with Crippen LogP contribution >= 0.6 is 0 Å². The maximum absolute atomic E-state index is 14.3. The molecule has 140 valence electrons. The van der Waals surface area contributed by atoms with Gasteiger partial charge in [0.1, 0.15) is 5.82 Å². The van der Waals surface area contributed by atoms with Gasteiger partial charge in [0.25, 0.3) is 0 Å². The summed E-state index contributed by atoms with van der Waals surface area (Å²) < 4.78 is 25.6. The predicted molar refractivity (Wildman–Crippen MR) is 92.8 cm³/mol. The lowest BCUT2D eigenvalue weighted by atomic mass is 9.83. The van der Waals surface area contributed by atoms with Gasteiger partial charge in [-0.15, -0.1) is 0 Å². The van der Waals surface area contributed by atoms with E-state index in [9.17, 15) is 14.6 Å². The molecule has 0 radical (unpaired) electrons. The molecule has 3 unspecified atom stereocenters. The van der Waals surface area contributed by atoms with Crippen molar-refractivity contribution >= 4 is 0 Å². The van der Waals surface area contributed by atoms with Crippen molar-refractivity contribution in [3.63, 3.8) is 0 Å². The first-order chi connectivity index (χ1) is 12.1. The summed E-state index contributed by atoms with van der Waals surface area (Å²) in [6.07, 6.45) is 5.08. The van der Waals surface area contributed by atoms with E-state index in [0.29, 0.717) is 24.9 Å². The normalized spacial score (nSPS) is 33.4. The van der Waals surface area contributed by atoms with Crippen molar-refractivity contribution in [3.05, 3.63) is 35.1 Å². The molecule has 3 rings (SSSR count). The van der Waals surface area contributed by atoms with E-state index in [-0.39, 0.29) is 24.6 Å². The Labute approximate surface area is 149 Å². The largest absolute Gasteiger partial charge is 0.394 e. The summed E-state index contributed by atoms with van der Waals surface area (Å²) in [5.41, 5.74) is 1.61. The highest BCUT2D eigenvalue weighted by Gasteiger charge is 2.29. The van der Waals surface area contributed by atoms with E-state index in [1.54, 1.807) is 13.2 Å². The fraction of sp³-hybridized carbons (Fsp3) is 0.700. The van der Waals surface area contributed by atoms with Crippen LogP contribution in [0.1, 0.15) is 55.8 Å². The van der Waals surface area contributed by atoms with Crippen LogP contribution in [0.25, 0.3) is 0 Å². The minimum atomic E-state index is -0.492. The molecule has 1 saturated carbocycles. The molecule has 2 aliphatic rings. The van der Waals surface area contributed by atoms with Crippen LogP contribution in [0.15, 0.2) is 18.2 Å². The number of aliphatic hydroxyl groups excluding tert-OH is 2. The number of halogens is 1. The minimum Gasteiger partial charge on any atom is -0.394 e. The van der Waals surface area contributed by atoms with E-state index < -0.39 is 6.10 Å². The first-order valence-corrected chi connectivity index (χ1v) is 9.34. The molecule has 1 heterocycles. The Hall–Kier alpha value is -1.01. The Morgan fingerprint density at radius 2 is 1.96 bits per heavy atom. The maximum atomic E-state index is 14.3. The third-order valence-electron chi connectivity index (χ3n) is 5.66. The third kappa shape index (κ3) is 4.79. The van der Waals surface area contributed by atoms with Crippen molar-refractivity contribution in [2.75, 3.05) is 13.7 Å². The quantitative estimate of drug-likeness (QED) is 0.855. The van der Waals surface area contributed by atoms with Crippen LogP contribution in [-0.4, -0.2) is 42.2 Å². The molecule has 0 amide bonds. The summed E-state index contributed by atoms with van der Waals surface area (Å²) in [5.74, 6) is 0.312. The fourth-order valence-corrected chi connectivity index (χ4v) is 4.16. The predicted octanol–water partition coefficient (Wildman–Crippen LogP) is 3.15. The molecule has 1 aliphatic carbocycles. The van der Waals surface area contributed by atoms with Gasteiger partial charge in [0, 0.05) is 20.0 Å². The molecule has 0 bridgehead atoms. The summed E-state index contributed by atoms with van der Waals surface area (Å²) in [7, 11) is 1.76. The summed E-state index contributed by atoms with van der Waals surface area (Å²) in [4.78, 5) is 0. The lowest BCUT2D eigenvalue weighted by Crippen LogP contribution is -2.33. The highest BCUT2D eigenvalue weighted by molar-refractivity contribution is 5.28. The van der Waals surface area contributed by atoms with Gasteiger partial charge in [-0.3, -0.25) is 0 Å². The first kappa shape index (κ1) is 18.8. The molecule has 1 aromatic rings. The summed E-state index contributed by atoms with van der Waals surface area (Å²) in [5, 5.41) is 19.3. The van der Waals surface area contributed by atoms with Crippen LogP contribution in [0, 0.1) is 11.7 Å². The second kappa shape index (κ2) is 8.58. The Morgan fingerprint density at radius 3 is 2.64 bits per heavy atom. The van der Waals surface area contributed by atoms with E-state index in [2.05, 4.69) is 0 Å². The standard InChI is InChI=1S/C20H29FO4/c1-24-17-5-2-13(3-6-17)8-15-9-14(4-7-19(15)21)20-11-16(23)10-18(12-22)25-20/h4,7,9,13,16-18,20,22-23H,2-3,5-6,8,10-12H2,1H3. The average Bonchev–Trinajstić information content (AvgIpc) is 2.63. The Morgan fingerprint density at radius 1 is 1.20 bits per heavy atom. The second-order valence-electron chi connectivity index (χ2n) is 7.49. The zero-order valence-corrected chi connectivity index (χ0v) is 14.9. The molecule has 1 saturated heterocycles. The van der Waals surface area contributed by atoms with Crippen LogP contribution in [0.3, 0.4) is 0 Å². The summed E-state index contributed by atoms with van der Waals surface area (Å²) in [6, 6.07) is 5.12. The Kier molecular flexibility index (Phi) is 6.44.